The number of carbonyl (C=O) groups excluding carboxylic acids is 2. The topological polar surface area (TPSA) is 62.2 Å². The van der Waals surface area contributed by atoms with Gasteiger partial charge in [0.1, 0.15) is 5.82 Å². The van der Waals surface area contributed by atoms with Crippen molar-refractivity contribution in [2.24, 2.45) is 4.99 Å². The van der Waals surface area contributed by atoms with Crippen molar-refractivity contribution >= 4 is 39.0 Å². The first-order valence-electron chi connectivity index (χ1n) is 8.83. The van der Waals surface area contributed by atoms with E-state index in [1.54, 1.807) is 11.0 Å². The zero-order chi connectivity index (χ0) is 18.1. The minimum atomic E-state index is -0.00312. The number of amides is 1. The van der Waals surface area contributed by atoms with Crippen molar-refractivity contribution in [3.05, 3.63) is 40.1 Å². The molecule has 4 rings (SSSR count). The Hall–Kier alpha value is -1.99. The Kier molecular flexibility index (Phi) is 4.91. The molecule has 0 atom stereocenters. The molecule has 7 heteroatoms. The lowest BCUT2D eigenvalue weighted by Crippen LogP contribution is -2.37. The van der Waals surface area contributed by atoms with E-state index in [2.05, 4.69) is 20.9 Å². The Morgan fingerprint density at radius 3 is 2.85 bits per heavy atom. The van der Waals surface area contributed by atoms with Gasteiger partial charge in [0.05, 0.1) is 19.6 Å². The van der Waals surface area contributed by atoms with E-state index >= 15 is 0 Å². The quantitative estimate of drug-likeness (QED) is 0.756. The lowest BCUT2D eigenvalue weighted by Gasteiger charge is -2.30. The van der Waals surface area contributed by atoms with Gasteiger partial charge in [0.25, 0.3) is 0 Å². The molecule has 0 unspecified atom stereocenters. The minimum Gasteiger partial charge on any atom is -0.378 e. The molecule has 1 fully saturated rings. The number of benzene rings is 1. The molecule has 0 bridgehead atoms. The summed E-state index contributed by atoms with van der Waals surface area (Å²) < 4.78 is 6.39. The maximum absolute atomic E-state index is 12.8. The van der Waals surface area contributed by atoms with Crippen molar-refractivity contribution in [1.29, 1.82) is 0 Å². The highest BCUT2D eigenvalue weighted by atomic mass is 79.9. The Labute approximate surface area is 160 Å². The van der Waals surface area contributed by atoms with Crippen LogP contribution in [0.5, 0.6) is 0 Å². The van der Waals surface area contributed by atoms with Crippen LogP contribution in [0.4, 0.5) is 5.69 Å². The highest BCUT2D eigenvalue weighted by molar-refractivity contribution is 9.10. The number of rotatable bonds is 3. The molecule has 3 aliphatic heterocycles. The SMILES string of the molecule is O=C1C=C(N2CCOCC2)N=C(CC(=O)N2CCc3c(Br)cccc32)C1. The number of carbonyl (C=O) groups is 2. The number of aliphatic imine (C=N–C) groups is 1. The molecule has 1 saturated heterocycles. The fourth-order valence-corrected chi connectivity index (χ4v) is 4.16. The summed E-state index contributed by atoms with van der Waals surface area (Å²) in [6.45, 7) is 3.38. The van der Waals surface area contributed by atoms with Gasteiger partial charge in [-0.15, -0.1) is 0 Å². The molecule has 26 heavy (non-hydrogen) atoms. The fraction of sp³-hybridized carbons (Fsp3) is 0.421. The van der Waals surface area contributed by atoms with Crippen LogP contribution in [0.2, 0.25) is 0 Å². The average Bonchev–Trinajstić information content (AvgIpc) is 3.07. The molecule has 3 aliphatic rings. The second-order valence-electron chi connectivity index (χ2n) is 6.63. The van der Waals surface area contributed by atoms with Gasteiger partial charge in [-0.3, -0.25) is 9.59 Å². The molecule has 1 amide bonds. The second kappa shape index (κ2) is 7.32. The van der Waals surface area contributed by atoms with Crippen LogP contribution in [-0.2, 0) is 20.7 Å². The van der Waals surface area contributed by atoms with Crippen LogP contribution in [0.1, 0.15) is 18.4 Å². The molecule has 0 radical (unpaired) electrons. The van der Waals surface area contributed by atoms with Crippen LogP contribution in [0.25, 0.3) is 0 Å². The van der Waals surface area contributed by atoms with E-state index in [9.17, 15) is 9.59 Å². The van der Waals surface area contributed by atoms with Gasteiger partial charge in [-0.05, 0) is 24.1 Å². The number of hydrogen-bond donors (Lipinski definition) is 0. The molecule has 136 valence electrons. The lowest BCUT2D eigenvalue weighted by molar-refractivity contribution is -0.117. The van der Waals surface area contributed by atoms with Crippen molar-refractivity contribution in [2.45, 2.75) is 19.3 Å². The summed E-state index contributed by atoms with van der Waals surface area (Å²) in [6, 6.07) is 5.91. The highest BCUT2D eigenvalue weighted by Crippen LogP contribution is 2.34. The van der Waals surface area contributed by atoms with Crippen LogP contribution in [0.15, 0.2) is 39.6 Å². The maximum Gasteiger partial charge on any atom is 0.232 e. The fourth-order valence-electron chi connectivity index (χ4n) is 3.61. The van der Waals surface area contributed by atoms with Gasteiger partial charge in [-0.25, -0.2) is 4.99 Å². The highest BCUT2D eigenvalue weighted by Gasteiger charge is 2.28. The molecule has 0 saturated carbocycles. The van der Waals surface area contributed by atoms with E-state index in [-0.39, 0.29) is 24.5 Å². The number of morpholine rings is 1. The maximum atomic E-state index is 12.8. The normalized spacial score (nSPS) is 20.0. The summed E-state index contributed by atoms with van der Waals surface area (Å²) in [4.78, 5) is 33.4. The number of hydrogen-bond acceptors (Lipinski definition) is 5. The molecule has 0 aliphatic carbocycles. The monoisotopic (exact) mass is 417 g/mol. The van der Waals surface area contributed by atoms with Crippen molar-refractivity contribution in [3.63, 3.8) is 0 Å². The number of ether oxygens (including phenoxy) is 1. The van der Waals surface area contributed by atoms with Crippen LogP contribution >= 0.6 is 15.9 Å². The molecule has 6 nitrogen and oxygen atoms in total. The summed E-state index contributed by atoms with van der Waals surface area (Å²) in [5.74, 6) is 0.669. The van der Waals surface area contributed by atoms with E-state index in [0.717, 1.165) is 35.2 Å². The summed E-state index contributed by atoms with van der Waals surface area (Å²) >= 11 is 3.55. The van der Waals surface area contributed by atoms with E-state index < -0.39 is 0 Å². The number of anilines is 1. The third-order valence-electron chi connectivity index (χ3n) is 4.90. The summed E-state index contributed by atoms with van der Waals surface area (Å²) in [5, 5.41) is 0. The largest absolute Gasteiger partial charge is 0.378 e. The molecular formula is C19H20BrN3O3. The molecule has 0 aromatic heterocycles. The molecular weight excluding hydrogens is 398 g/mol. The van der Waals surface area contributed by atoms with Crippen molar-refractivity contribution in [3.8, 4) is 0 Å². The molecule has 1 aromatic rings. The van der Waals surface area contributed by atoms with Crippen molar-refractivity contribution < 1.29 is 14.3 Å². The van der Waals surface area contributed by atoms with Gasteiger partial charge in [-0.1, -0.05) is 22.0 Å². The predicted molar refractivity (Wildman–Crippen MR) is 102 cm³/mol. The number of halogens is 1. The molecule has 1 aromatic carbocycles. The summed E-state index contributed by atoms with van der Waals surface area (Å²) in [5.41, 5.74) is 2.76. The third kappa shape index (κ3) is 3.46. The van der Waals surface area contributed by atoms with E-state index in [1.165, 1.54) is 0 Å². The molecule has 0 N–H and O–H groups in total. The van der Waals surface area contributed by atoms with Crippen LogP contribution < -0.4 is 4.90 Å². The van der Waals surface area contributed by atoms with E-state index in [4.69, 9.17) is 4.74 Å². The third-order valence-corrected chi connectivity index (χ3v) is 5.65. The Balaban J connectivity index is 1.49. The van der Waals surface area contributed by atoms with Crippen LogP contribution in [-0.4, -0.2) is 55.2 Å². The Morgan fingerprint density at radius 2 is 2.04 bits per heavy atom. The lowest BCUT2D eigenvalue weighted by atomic mass is 10.1. The first-order valence-corrected chi connectivity index (χ1v) is 9.62. The standard InChI is InChI=1S/C19H20BrN3O3/c20-16-2-1-3-17-15(16)4-5-23(17)19(25)11-13-10-14(24)12-18(21-13)22-6-8-26-9-7-22/h1-3,12H,4-11H2. The summed E-state index contributed by atoms with van der Waals surface area (Å²) in [7, 11) is 0. The number of ketones is 1. The number of allylic oxidation sites excluding steroid dienone is 1. The van der Waals surface area contributed by atoms with Crippen molar-refractivity contribution in [2.75, 3.05) is 37.7 Å². The minimum absolute atomic E-state index is 0.00312. The Bertz CT molecular complexity index is 812. The van der Waals surface area contributed by atoms with Crippen molar-refractivity contribution in [1.82, 2.24) is 4.90 Å². The molecule has 3 heterocycles. The van der Waals surface area contributed by atoms with Gasteiger partial charge in [0, 0.05) is 48.0 Å². The smallest absolute Gasteiger partial charge is 0.232 e. The summed E-state index contributed by atoms with van der Waals surface area (Å²) in [6.07, 6.45) is 2.83. The van der Waals surface area contributed by atoms with Gasteiger partial charge >= 0.3 is 0 Å². The van der Waals surface area contributed by atoms with Crippen LogP contribution in [0.3, 0.4) is 0 Å². The first kappa shape index (κ1) is 17.4. The molecule has 0 spiro atoms. The van der Waals surface area contributed by atoms with Gasteiger partial charge in [-0.2, -0.15) is 0 Å². The van der Waals surface area contributed by atoms with Gasteiger partial charge in [0.2, 0.25) is 5.91 Å². The first-order chi connectivity index (χ1) is 12.6. The Morgan fingerprint density at radius 1 is 1.23 bits per heavy atom. The van der Waals surface area contributed by atoms with E-state index in [1.807, 2.05) is 23.1 Å². The average molecular weight is 418 g/mol. The predicted octanol–water partition coefficient (Wildman–Crippen LogP) is 2.32. The van der Waals surface area contributed by atoms with Gasteiger partial charge < -0.3 is 14.5 Å². The second-order valence-corrected chi connectivity index (χ2v) is 7.49. The number of nitrogens with zero attached hydrogens (tertiary/aromatic N) is 3. The number of fused-ring (bicyclic) bond motifs is 1. The van der Waals surface area contributed by atoms with Gasteiger partial charge in [0.15, 0.2) is 5.78 Å². The van der Waals surface area contributed by atoms with Crippen LogP contribution in [0, 0.1) is 0 Å². The van der Waals surface area contributed by atoms with E-state index in [0.29, 0.717) is 31.3 Å². The zero-order valence-electron chi connectivity index (χ0n) is 14.4. The zero-order valence-corrected chi connectivity index (χ0v) is 16.0.